The molecule has 3 rings (SSSR count). The van der Waals surface area contributed by atoms with Gasteiger partial charge in [0, 0.05) is 10.9 Å². The van der Waals surface area contributed by atoms with Crippen molar-refractivity contribution in [3.8, 4) is 17.1 Å². The van der Waals surface area contributed by atoms with Gasteiger partial charge in [0.1, 0.15) is 28.5 Å². The van der Waals surface area contributed by atoms with E-state index in [2.05, 4.69) is 0 Å². The number of fused-ring (bicyclic) bond motifs is 1. The highest BCUT2D eigenvalue weighted by Crippen LogP contribution is 2.36. The predicted molar refractivity (Wildman–Crippen MR) is 93.3 cm³/mol. The average molecular weight is 342 g/mol. The summed E-state index contributed by atoms with van der Waals surface area (Å²) in [7, 11) is 0. The van der Waals surface area contributed by atoms with Crippen LogP contribution in [0.3, 0.4) is 0 Å². The third-order valence-corrected chi connectivity index (χ3v) is 3.60. The van der Waals surface area contributed by atoms with Crippen LogP contribution in [0.2, 0.25) is 0 Å². The van der Waals surface area contributed by atoms with Crippen LogP contribution in [0.1, 0.15) is 31.1 Å². The van der Waals surface area contributed by atoms with Gasteiger partial charge in [0.25, 0.3) is 0 Å². The molecule has 0 N–H and O–H groups in total. The van der Waals surface area contributed by atoms with Gasteiger partial charge in [0.05, 0.1) is 12.7 Å². The average Bonchev–Trinajstić information content (AvgIpc) is 2.93. The first-order valence-electron chi connectivity index (χ1n) is 8.16. The smallest absolute Gasteiger partial charge is 0.342 e. The summed E-state index contributed by atoms with van der Waals surface area (Å²) in [5.41, 5.74) is 1.26. The fourth-order valence-corrected chi connectivity index (χ4v) is 2.66. The lowest BCUT2D eigenvalue weighted by molar-refractivity contribution is 0.0528. The molecular weight excluding hydrogens is 323 g/mol. The van der Waals surface area contributed by atoms with Crippen LogP contribution in [0, 0.1) is 5.82 Å². The minimum absolute atomic E-state index is 0.00177. The van der Waals surface area contributed by atoms with Gasteiger partial charge in [-0.2, -0.15) is 0 Å². The Balaban J connectivity index is 2.21. The summed E-state index contributed by atoms with van der Waals surface area (Å²) < 4.78 is 30.3. The van der Waals surface area contributed by atoms with E-state index < -0.39 is 11.8 Å². The van der Waals surface area contributed by atoms with Crippen molar-refractivity contribution >= 4 is 16.9 Å². The Morgan fingerprint density at radius 3 is 2.68 bits per heavy atom. The second kappa shape index (κ2) is 6.97. The van der Waals surface area contributed by atoms with E-state index in [1.807, 2.05) is 13.8 Å². The molecule has 130 valence electrons. The molecule has 0 atom stereocenters. The van der Waals surface area contributed by atoms with Crippen LogP contribution in [0.5, 0.6) is 5.75 Å². The Labute approximate surface area is 145 Å². The zero-order chi connectivity index (χ0) is 18.0. The number of esters is 1. The number of halogens is 1. The predicted octanol–water partition coefficient (Wildman–Crippen LogP) is 5.20. The highest BCUT2D eigenvalue weighted by Gasteiger charge is 2.24. The van der Waals surface area contributed by atoms with E-state index in [1.54, 1.807) is 37.3 Å². The molecule has 0 saturated carbocycles. The summed E-state index contributed by atoms with van der Waals surface area (Å²) in [5.74, 6) is -0.00640. The standard InChI is InChI=1S/C20H19FO4/c1-4-23-20(22)18-16-11-15(24-12(2)3)8-9-17(16)25-19(18)13-6-5-7-14(21)10-13/h5-12H,4H2,1-3H3. The maximum atomic E-state index is 13.6. The molecule has 0 aliphatic heterocycles. The molecular formula is C20H19FO4. The van der Waals surface area contributed by atoms with Gasteiger partial charge >= 0.3 is 5.97 Å². The number of rotatable bonds is 5. The maximum absolute atomic E-state index is 13.6. The van der Waals surface area contributed by atoms with Crippen LogP contribution in [-0.4, -0.2) is 18.7 Å². The lowest BCUT2D eigenvalue weighted by Crippen LogP contribution is -2.06. The topological polar surface area (TPSA) is 48.7 Å². The highest BCUT2D eigenvalue weighted by molar-refractivity contribution is 6.09. The highest BCUT2D eigenvalue weighted by atomic mass is 19.1. The van der Waals surface area contributed by atoms with Crippen molar-refractivity contribution < 1.29 is 23.1 Å². The Kier molecular flexibility index (Phi) is 4.74. The van der Waals surface area contributed by atoms with E-state index >= 15 is 0 Å². The quantitative estimate of drug-likeness (QED) is 0.598. The minimum atomic E-state index is -0.512. The number of benzene rings is 2. The molecule has 3 aromatic rings. The third kappa shape index (κ3) is 3.50. The molecule has 0 saturated heterocycles. The minimum Gasteiger partial charge on any atom is -0.491 e. The van der Waals surface area contributed by atoms with Crippen molar-refractivity contribution in [2.45, 2.75) is 26.9 Å². The first kappa shape index (κ1) is 17.0. The van der Waals surface area contributed by atoms with Crippen LogP contribution in [0.15, 0.2) is 46.9 Å². The van der Waals surface area contributed by atoms with Gasteiger partial charge in [-0.1, -0.05) is 12.1 Å². The molecule has 1 heterocycles. The largest absolute Gasteiger partial charge is 0.491 e. The molecule has 0 unspecified atom stereocenters. The Hall–Kier alpha value is -2.82. The molecule has 0 radical (unpaired) electrons. The van der Waals surface area contributed by atoms with Crippen LogP contribution in [-0.2, 0) is 4.74 Å². The van der Waals surface area contributed by atoms with Crippen molar-refractivity contribution in [3.63, 3.8) is 0 Å². The van der Waals surface area contributed by atoms with Crippen LogP contribution < -0.4 is 4.74 Å². The first-order chi connectivity index (χ1) is 12.0. The molecule has 0 aliphatic carbocycles. The zero-order valence-corrected chi connectivity index (χ0v) is 14.3. The molecule has 0 fully saturated rings. The van der Waals surface area contributed by atoms with E-state index in [0.717, 1.165) is 0 Å². The molecule has 5 heteroatoms. The normalized spacial score (nSPS) is 11.1. The van der Waals surface area contributed by atoms with Crippen molar-refractivity contribution in [3.05, 3.63) is 53.8 Å². The number of carbonyl (C=O) groups excluding carboxylic acids is 1. The first-order valence-corrected chi connectivity index (χ1v) is 8.16. The monoisotopic (exact) mass is 342 g/mol. The Morgan fingerprint density at radius 2 is 2.00 bits per heavy atom. The van der Waals surface area contributed by atoms with Gasteiger partial charge in [0.2, 0.25) is 0 Å². The number of hydrogen-bond donors (Lipinski definition) is 0. The van der Waals surface area contributed by atoms with Crippen molar-refractivity contribution in [2.75, 3.05) is 6.61 Å². The van der Waals surface area contributed by atoms with E-state index in [0.29, 0.717) is 22.3 Å². The van der Waals surface area contributed by atoms with Gasteiger partial charge in [-0.15, -0.1) is 0 Å². The summed E-state index contributed by atoms with van der Waals surface area (Å²) in [4.78, 5) is 12.5. The van der Waals surface area contributed by atoms with Crippen molar-refractivity contribution in [2.24, 2.45) is 0 Å². The molecule has 25 heavy (non-hydrogen) atoms. The molecule has 0 spiro atoms. The maximum Gasteiger partial charge on any atom is 0.342 e. The fourth-order valence-electron chi connectivity index (χ4n) is 2.66. The van der Waals surface area contributed by atoms with Crippen molar-refractivity contribution in [1.82, 2.24) is 0 Å². The molecule has 2 aromatic carbocycles. The van der Waals surface area contributed by atoms with Crippen LogP contribution in [0.4, 0.5) is 4.39 Å². The summed E-state index contributed by atoms with van der Waals surface area (Å²) in [5, 5.41) is 0.580. The van der Waals surface area contributed by atoms with Crippen molar-refractivity contribution in [1.29, 1.82) is 0 Å². The Bertz CT molecular complexity index is 911. The van der Waals surface area contributed by atoms with Crippen LogP contribution >= 0.6 is 0 Å². The molecule has 1 aromatic heterocycles. The summed E-state index contributed by atoms with van der Waals surface area (Å²) in [6, 6.07) is 11.2. The molecule has 0 bridgehead atoms. The summed E-state index contributed by atoms with van der Waals surface area (Å²) >= 11 is 0. The molecule has 0 aliphatic rings. The van der Waals surface area contributed by atoms with Gasteiger partial charge in [-0.25, -0.2) is 9.18 Å². The van der Waals surface area contributed by atoms with Gasteiger partial charge < -0.3 is 13.9 Å². The summed E-state index contributed by atoms with van der Waals surface area (Å²) in [6.07, 6.45) is -0.00177. The summed E-state index contributed by atoms with van der Waals surface area (Å²) in [6.45, 7) is 5.81. The number of ether oxygens (including phenoxy) is 2. The molecule has 4 nitrogen and oxygen atoms in total. The van der Waals surface area contributed by atoms with Gasteiger partial charge in [0.15, 0.2) is 0 Å². The van der Waals surface area contributed by atoms with Gasteiger partial charge in [-0.3, -0.25) is 0 Å². The second-order valence-corrected chi connectivity index (χ2v) is 5.86. The SMILES string of the molecule is CCOC(=O)c1c(-c2cccc(F)c2)oc2ccc(OC(C)C)cc12. The van der Waals surface area contributed by atoms with E-state index in [9.17, 15) is 9.18 Å². The third-order valence-electron chi connectivity index (χ3n) is 3.60. The number of hydrogen-bond acceptors (Lipinski definition) is 4. The second-order valence-electron chi connectivity index (χ2n) is 5.86. The van der Waals surface area contributed by atoms with E-state index in [-0.39, 0.29) is 24.0 Å². The number of carbonyl (C=O) groups is 1. The molecule has 0 amide bonds. The van der Waals surface area contributed by atoms with Crippen LogP contribution in [0.25, 0.3) is 22.3 Å². The lowest BCUT2D eigenvalue weighted by Gasteiger charge is -2.09. The zero-order valence-electron chi connectivity index (χ0n) is 14.3. The lowest BCUT2D eigenvalue weighted by atomic mass is 10.1. The fraction of sp³-hybridized carbons (Fsp3) is 0.250. The van der Waals surface area contributed by atoms with Gasteiger partial charge in [-0.05, 0) is 51.1 Å². The van der Waals surface area contributed by atoms with E-state index in [4.69, 9.17) is 13.9 Å². The number of furan rings is 1. The Morgan fingerprint density at radius 1 is 1.20 bits per heavy atom. The van der Waals surface area contributed by atoms with E-state index in [1.165, 1.54) is 12.1 Å².